The Morgan fingerprint density at radius 2 is 1.87 bits per heavy atom. The highest BCUT2D eigenvalue weighted by atomic mass is 32.1. The van der Waals surface area contributed by atoms with Crippen LogP contribution in [0.3, 0.4) is 0 Å². The number of likely N-dealkylation sites (tertiary alicyclic amines) is 1. The number of hydrogen-bond acceptors (Lipinski definition) is 6. The minimum Gasteiger partial charge on any atom is -0.365 e. The van der Waals surface area contributed by atoms with Crippen LogP contribution < -0.4 is 16.4 Å². The second-order valence-electron chi connectivity index (χ2n) is 7.82. The summed E-state index contributed by atoms with van der Waals surface area (Å²) in [6, 6.07) is 1.58. The number of nitrogens with zero attached hydrogens (tertiary/aromatic N) is 2. The van der Waals surface area contributed by atoms with Gasteiger partial charge in [0.2, 0.25) is 0 Å². The Morgan fingerprint density at radius 3 is 2.50 bits per heavy atom. The van der Waals surface area contributed by atoms with E-state index in [9.17, 15) is 14.4 Å². The highest BCUT2D eigenvalue weighted by Gasteiger charge is 2.34. The van der Waals surface area contributed by atoms with E-state index in [0.717, 1.165) is 49.9 Å². The van der Waals surface area contributed by atoms with E-state index in [2.05, 4.69) is 15.8 Å². The van der Waals surface area contributed by atoms with Gasteiger partial charge in [0.1, 0.15) is 6.26 Å². The molecule has 3 amide bonds. The first-order chi connectivity index (χ1) is 14.4. The number of nitrogens with two attached hydrogens (primary N) is 1. The van der Waals surface area contributed by atoms with Crippen LogP contribution in [-0.4, -0.2) is 53.5 Å². The number of carbonyl (C=O) groups is 3. The third kappa shape index (κ3) is 5.67. The zero-order valence-electron chi connectivity index (χ0n) is 17.1. The summed E-state index contributed by atoms with van der Waals surface area (Å²) in [5.74, 6) is -0.460. The first-order valence-corrected chi connectivity index (χ1v) is 11.0. The number of thiophene rings is 1. The predicted octanol–water partition coefficient (Wildman–Crippen LogP) is 1.79. The van der Waals surface area contributed by atoms with E-state index < -0.39 is 5.91 Å². The van der Waals surface area contributed by atoms with Gasteiger partial charge in [0.15, 0.2) is 18.9 Å². The van der Waals surface area contributed by atoms with Crippen LogP contribution in [0.5, 0.6) is 0 Å². The molecule has 10 heteroatoms. The minimum atomic E-state index is -0.488. The fraction of sp³-hybridized carbons (Fsp3) is 0.500. The summed E-state index contributed by atoms with van der Waals surface area (Å²) < 4.78 is 5.16. The van der Waals surface area contributed by atoms with Gasteiger partial charge in [0.05, 0.1) is 18.0 Å². The van der Waals surface area contributed by atoms with Gasteiger partial charge in [-0.05, 0) is 49.1 Å². The number of carbonyl (C=O) groups excluding carboxylic acids is 3. The van der Waals surface area contributed by atoms with Crippen LogP contribution in [0.2, 0.25) is 0 Å². The fourth-order valence-electron chi connectivity index (χ4n) is 3.94. The SMILES string of the molecule is Cc1csc(C(N)=O)c1CNC(=O)C[N+]1(CC(=O)Nc2ccon2)CCCCCC1. The van der Waals surface area contributed by atoms with Crippen LogP contribution in [0.15, 0.2) is 22.2 Å². The molecule has 1 aliphatic rings. The average Bonchev–Trinajstić information content (AvgIpc) is 3.26. The lowest BCUT2D eigenvalue weighted by Crippen LogP contribution is -2.57. The zero-order valence-corrected chi connectivity index (χ0v) is 17.9. The molecule has 0 aromatic carbocycles. The molecule has 0 unspecified atom stereocenters. The first-order valence-electron chi connectivity index (χ1n) is 10.1. The molecule has 0 bridgehead atoms. The van der Waals surface area contributed by atoms with Crippen LogP contribution in [0.4, 0.5) is 5.82 Å². The highest BCUT2D eigenvalue weighted by Crippen LogP contribution is 2.22. The molecule has 1 saturated heterocycles. The van der Waals surface area contributed by atoms with E-state index in [4.69, 9.17) is 10.3 Å². The van der Waals surface area contributed by atoms with Gasteiger partial charge in [-0.15, -0.1) is 11.3 Å². The maximum atomic E-state index is 12.8. The van der Waals surface area contributed by atoms with Gasteiger partial charge >= 0.3 is 0 Å². The largest absolute Gasteiger partial charge is 0.365 e. The van der Waals surface area contributed by atoms with Crippen LogP contribution in [-0.2, 0) is 16.1 Å². The lowest BCUT2D eigenvalue weighted by molar-refractivity contribution is -0.912. The number of hydrogen-bond donors (Lipinski definition) is 3. The predicted molar refractivity (Wildman–Crippen MR) is 113 cm³/mol. The summed E-state index contributed by atoms with van der Waals surface area (Å²) in [7, 11) is 0. The number of rotatable bonds is 8. The Morgan fingerprint density at radius 1 is 1.17 bits per heavy atom. The Bertz CT molecular complexity index is 885. The van der Waals surface area contributed by atoms with Gasteiger partial charge in [-0.2, -0.15) is 0 Å². The Hall–Kier alpha value is -2.72. The van der Waals surface area contributed by atoms with Crippen molar-refractivity contribution in [3.8, 4) is 0 Å². The molecule has 9 nitrogen and oxygen atoms in total. The molecule has 0 spiro atoms. The lowest BCUT2D eigenvalue weighted by Gasteiger charge is -2.36. The lowest BCUT2D eigenvalue weighted by atomic mass is 10.1. The molecule has 2 aromatic heterocycles. The van der Waals surface area contributed by atoms with Crippen molar-refractivity contribution in [3.05, 3.63) is 33.7 Å². The molecule has 4 N–H and O–H groups in total. The molecule has 1 fully saturated rings. The Kier molecular flexibility index (Phi) is 7.22. The topological polar surface area (TPSA) is 127 Å². The quantitative estimate of drug-likeness (QED) is 0.546. The van der Waals surface area contributed by atoms with Crippen molar-refractivity contribution in [3.63, 3.8) is 0 Å². The van der Waals surface area contributed by atoms with E-state index in [0.29, 0.717) is 15.2 Å². The van der Waals surface area contributed by atoms with Crippen molar-refractivity contribution in [1.82, 2.24) is 10.5 Å². The van der Waals surface area contributed by atoms with Gasteiger partial charge in [-0.3, -0.25) is 14.4 Å². The number of aromatic nitrogens is 1. The zero-order chi connectivity index (χ0) is 21.6. The number of primary amides is 1. The third-order valence-electron chi connectivity index (χ3n) is 5.47. The Labute approximate surface area is 179 Å². The Balaban J connectivity index is 1.65. The summed E-state index contributed by atoms with van der Waals surface area (Å²) >= 11 is 1.29. The number of anilines is 1. The smallest absolute Gasteiger partial charge is 0.280 e. The summed E-state index contributed by atoms with van der Waals surface area (Å²) in [5, 5.41) is 11.2. The molecule has 3 heterocycles. The average molecular weight is 435 g/mol. The second-order valence-corrected chi connectivity index (χ2v) is 8.70. The molecule has 162 valence electrons. The van der Waals surface area contributed by atoms with E-state index in [1.54, 1.807) is 6.07 Å². The van der Waals surface area contributed by atoms with Crippen molar-refractivity contribution >= 4 is 34.9 Å². The maximum Gasteiger partial charge on any atom is 0.280 e. The van der Waals surface area contributed by atoms with Gasteiger partial charge in [-0.1, -0.05) is 5.16 Å². The first kappa shape index (κ1) is 22.0. The van der Waals surface area contributed by atoms with Gasteiger partial charge in [0, 0.05) is 12.6 Å². The summed E-state index contributed by atoms with van der Waals surface area (Å²) in [4.78, 5) is 37.5. The van der Waals surface area contributed by atoms with Crippen molar-refractivity contribution in [1.29, 1.82) is 0 Å². The van der Waals surface area contributed by atoms with E-state index in [-0.39, 0.29) is 31.4 Å². The summed E-state index contributed by atoms with van der Waals surface area (Å²) in [5.41, 5.74) is 7.12. The summed E-state index contributed by atoms with van der Waals surface area (Å²) in [6.07, 6.45) is 5.54. The highest BCUT2D eigenvalue weighted by molar-refractivity contribution is 7.12. The molecule has 30 heavy (non-hydrogen) atoms. The molecule has 2 aromatic rings. The molecule has 0 radical (unpaired) electrons. The van der Waals surface area contributed by atoms with Crippen molar-refractivity contribution in [2.45, 2.75) is 39.2 Å². The molecule has 0 atom stereocenters. The molecular weight excluding hydrogens is 406 g/mol. The number of amides is 3. The van der Waals surface area contributed by atoms with E-state index in [1.165, 1.54) is 17.6 Å². The maximum absolute atomic E-state index is 12.8. The monoisotopic (exact) mass is 434 g/mol. The van der Waals surface area contributed by atoms with Crippen LogP contribution >= 0.6 is 11.3 Å². The van der Waals surface area contributed by atoms with Crippen LogP contribution in [0.25, 0.3) is 0 Å². The normalized spacial score (nSPS) is 15.9. The number of quaternary nitrogens is 1. The van der Waals surface area contributed by atoms with E-state index in [1.807, 2.05) is 12.3 Å². The van der Waals surface area contributed by atoms with Crippen LogP contribution in [0.1, 0.15) is 46.5 Å². The molecule has 3 rings (SSSR count). The second kappa shape index (κ2) is 9.86. The van der Waals surface area contributed by atoms with E-state index >= 15 is 0 Å². The summed E-state index contributed by atoms with van der Waals surface area (Å²) in [6.45, 7) is 4.08. The fourth-order valence-corrected chi connectivity index (χ4v) is 4.87. The minimum absolute atomic E-state index is 0.146. The molecule has 0 saturated carbocycles. The number of aryl methyl sites for hydroxylation is 1. The van der Waals surface area contributed by atoms with Gasteiger partial charge < -0.3 is 25.4 Å². The standard InChI is InChI=1S/C20H27N5O4S/c1-14-13-30-19(20(21)28)15(14)10-22-17(26)11-25(7-4-2-3-5-8-25)12-18(27)23-16-6-9-29-24-16/h6,9,13H,2-5,7-8,10-12H2,1H3,(H3-,21,22,23,24,26,27,28)/p+1. The molecular formula is C20H28N5O4S+. The van der Waals surface area contributed by atoms with Gasteiger partial charge in [0.25, 0.3) is 17.7 Å². The molecule has 1 aliphatic heterocycles. The van der Waals surface area contributed by atoms with Gasteiger partial charge in [-0.25, -0.2) is 0 Å². The van der Waals surface area contributed by atoms with Crippen LogP contribution in [0, 0.1) is 6.92 Å². The van der Waals surface area contributed by atoms with Crippen molar-refractivity contribution < 1.29 is 23.4 Å². The number of nitrogens with one attached hydrogen (secondary N) is 2. The van der Waals surface area contributed by atoms with Crippen molar-refractivity contribution in [2.75, 3.05) is 31.5 Å². The van der Waals surface area contributed by atoms with Crippen molar-refractivity contribution in [2.24, 2.45) is 5.73 Å². The molecule has 0 aliphatic carbocycles. The third-order valence-corrected chi connectivity index (χ3v) is 6.62.